The Kier molecular flexibility index (Phi) is 4.00. The highest BCUT2D eigenvalue weighted by Crippen LogP contribution is 2.21. The Bertz CT molecular complexity index is 310. The first kappa shape index (κ1) is 12.6. The number of rotatable bonds is 6. The standard InChI is InChI=1S/C10H16N2O4/c1-7(13)2-3-9(15)12-10(4-8(11)14)5-16-6-10/h2-6H2,1H3,(H2,11,14)(H,12,15). The molecule has 0 radical (unpaired) electrons. The van der Waals surface area contributed by atoms with E-state index < -0.39 is 11.4 Å². The molecule has 16 heavy (non-hydrogen) atoms. The van der Waals surface area contributed by atoms with Crippen molar-refractivity contribution in [2.24, 2.45) is 5.73 Å². The Labute approximate surface area is 93.5 Å². The number of nitrogens with two attached hydrogens (primary N) is 1. The van der Waals surface area contributed by atoms with Gasteiger partial charge in [0, 0.05) is 12.8 Å². The lowest BCUT2D eigenvalue weighted by Gasteiger charge is -2.41. The van der Waals surface area contributed by atoms with Crippen LogP contribution >= 0.6 is 0 Å². The van der Waals surface area contributed by atoms with Crippen LogP contribution in [0.5, 0.6) is 0 Å². The van der Waals surface area contributed by atoms with Crippen molar-refractivity contribution in [2.45, 2.75) is 31.7 Å². The number of amides is 2. The van der Waals surface area contributed by atoms with Gasteiger partial charge in [-0.3, -0.25) is 9.59 Å². The molecule has 0 bridgehead atoms. The Hall–Kier alpha value is -1.43. The molecule has 1 heterocycles. The van der Waals surface area contributed by atoms with Crippen LogP contribution in [0.3, 0.4) is 0 Å². The zero-order valence-electron chi connectivity index (χ0n) is 9.25. The number of carbonyl (C=O) groups is 3. The largest absolute Gasteiger partial charge is 0.376 e. The topological polar surface area (TPSA) is 98.5 Å². The molecular formula is C10H16N2O4. The summed E-state index contributed by atoms with van der Waals surface area (Å²) >= 11 is 0. The first-order chi connectivity index (χ1) is 7.43. The number of primary amides is 1. The molecule has 0 unspecified atom stereocenters. The number of carbonyl (C=O) groups excluding carboxylic acids is 3. The van der Waals surface area contributed by atoms with E-state index in [9.17, 15) is 14.4 Å². The van der Waals surface area contributed by atoms with Crippen molar-refractivity contribution in [3.63, 3.8) is 0 Å². The zero-order valence-corrected chi connectivity index (χ0v) is 9.25. The third-order valence-electron chi connectivity index (χ3n) is 2.38. The second-order valence-electron chi connectivity index (χ2n) is 4.17. The summed E-state index contributed by atoms with van der Waals surface area (Å²) in [4.78, 5) is 33.0. The van der Waals surface area contributed by atoms with Crippen molar-refractivity contribution in [1.29, 1.82) is 0 Å². The highest BCUT2D eigenvalue weighted by atomic mass is 16.5. The first-order valence-corrected chi connectivity index (χ1v) is 5.10. The van der Waals surface area contributed by atoms with E-state index in [4.69, 9.17) is 10.5 Å². The lowest BCUT2D eigenvalue weighted by molar-refractivity contribution is -0.139. The van der Waals surface area contributed by atoms with Crippen molar-refractivity contribution >= 4 is 17.6 Å². The van der Waals surface area contributed by atoms with Gasteiger partial charge in [-0.25, -0.2) is 0 Å². The van der Waals surface area contributed by atoms with Gasteiger partial charge in [-0.15, -0.1) is 0 Å². The van der Waals surface area contributed by atoms with Gasteiger partial charge >= 0.3 is 0 Å². The fourth-order valence-corrected chi connectivity index (χ4v) is 1.55. The number of ether oxygens (including phenoxy) is 1. The van der Waals surface area contributed by atoms with Crippen LogP contribution in [0, 0.1) is 0 Å². The molecule has 90 valence electrons. The van der Waals surface area contributed by atoms with Gasteiger partial charge in [0.1, 0.15) is 5.78 Å². The van der Waals surface area contributed by atoms with Gasteiger partial charge in [-0.2, -0.15) is 0 Å². The summed E-state index contributed by atoms with van der Waals surface area (Å²) in [5.74, 6) is -0.765. The molecular weight excluding hydrogens is 212 g/mol. The van der Waals surface area contributed by atoms with Gasteiger partial charge in [-0.1, -0.05) is 0 Å². The van der Waals surface area contributed by atoms with Crippen LogP contribution in [0.25, 0.3) is 0 Å². The predicted octanol–water partition coefficient (Wildman–Crippen LogP) is -0.884. The van der Waals surface area contributed by atoms with Crippen LogP contribution in [-0.2, 0) is 19.1 Å². The van der Waals surface area contributed by atoms with Gasteiger partial charge < -0.3 is 20.6 Å². The molecule has 1 aliphatic rings. The highest BCUT2D eigenvalue weighted by Gasteiger charge is 2.41. The molecule has 2 amide bonds. The minimum Gasteiger partial charge on any atom is -0.376 e. The van der Waals surface area contributed by atoms with E-state index in [-0.39, 0.29) is 31.0 Å². The maximum Gasteiger partial charge on any atom is 0.221 e. The molecule has 0 saturated carbocycles. The monoisotopic (exact) mass is 228 g/mol. The van der Waals surface area contributed by atoms with E-state index in [2.05, 4.69) is 5.32 Å². The van der Waals surface area contributed by atoms with E-state index in [1.807, 2.05) is 0 Å². The molecule has 6 nitrogen and oxygen atoms in total. The van der Waals surface area contributed by atoms with Crippen molar-refractivity contribution in [1.82, 2.24) is 5.32 Å². The molecule has 3 N–H and O–H groups in total. The molecule has 0 aromatic rings. The minimum absolute atomic E-state index is 0.0380. The van der Waals surface area contributed by atoms with Crippen molar-refractivity contribution < 1.29 is 19.1 Å². The Morgan fingerprint density at radius 2 is 1.94 bits per heavy atom. The number of ketones is 1. The summed E-state index contributed by atoms with van der Waals surface area (Å²) in [5.41, 5.74) is 4.43. The van der Waals surface area contributed by atoms with Gasteiger partial charge in [0.25, 0.3) is 0 Å². The summed E-state index contributed by atoms with van der Waals surface area (Å²) in [7, 11) is 0. The summed E-state index contributed by atoms with van der Waals surface area (Å²) in [5, 5.41) is 2.70. The van der Waals surface area contributed by atoms with Gasteiger partial charge in [0.2, 0.25) is 11.8 Å². The van der Waals surface area contributed by atoms with Crippen LogP contribution in [0.1, 0.15) is 26.2 Å². The number of Topliss-reactive ketones (excluding diaryl/α,β-unsaturated/α-hetero) is 1. The SMILES string of the molecule is CC(=O)CCC(=O)NC1(CC(N)=O)COC1. The molecule has 1 saturated heterocycles. The molecule has 1 aliphatic heterocycles. The van der Waals surface area contributed by atoms with E-state index >= 15 is 0 Å². The maximum absolute atomic E-state index is 11.5. The van der Waals surface area contributed by atoms with Gasteiger partial charge in [0.15, 0.2) is 0 Å². The molecule has 0 aliphatic carbocycles. The number of hydrogen-bond acceptors (Lipinski definition) is 4. The van der Waals surface area contributed by atoms with Crippen LogP contribution in [0.4, 0.5) is 0 Å². The van der Waals surface area contributed by atoms with Gasteiger partial charge in [-0.05, 0) is 6.92 Å². The van der Waals surface area contributed by atoms with E-state index in [1.54, 1.807) is 0 Å². The molecule has 0 atom stereocenters. The first-order valence-electron chi connectivity index (χ1n) is 5.10. The smallest absolute Gasteiger partial charge is 0.221 e. The maximum atomic E-state index is 11.5. The molecule has 0 spiro atoms. The van der Waals surface area contributed by atoms with Crippen molar-refractivity contribution in [3.8, 4) is 0 Å². The van der Waals surface area contributed by atoms with E-state index in [1.165, 1.54) is 6.92 Å². The quantitative estimate of drug-likeness (QED) is 0.616. The minimum atomic E-state index is -0.653. The summed E-state index contributed by atoms with van der Waals surface area (Å²) in [6.45, 7) is 2.02. The van der Waals surface area contributed by atoms with Crippen molar-refractivity contribution in [3.05, 3.63) is 0 Å². The Morgan fingerprint density at radius 3 is 2.31 bits per heavy atom. The average molecular weight is 228 g/mol. The Balaban J connectivity index is 2.41. The third kappa shape index (κ3) is 3.62. The summed E-state index contributed by atoms with van der Waals surface area (Å²) < 4.78 is 4.98. The average Bonchev–Trinajstić information content (AvgIpc) is 2.10. The molecule has 0 aromatic carbocycles. The second kappa shape index (κ2) is 5.07. The highest BCUT2D eigenvalue weighted by molar-refractivity contribution is 5.84. The van der Waals surface area contributed by atoms with Crippen molar-refractivity contribution in [2.75, 3.05) is 13.2 Å². The lowest BCUT2D eigenvalue weighted by Crippen LogP contribution is -2.63. The van der Waals surface area contributed by atoms with Gasteiger partial charge in [0.05, 0.1) is 25.2 Å². The van der Waals surface area contributed by atoms with Crippen LogP contribution in [0.15, 0.2) is 0 Å². The van der Waals surface area contributed by atoms with E-state index in [0.717, 1.165) is 0 Å². The zero-order chi connectivity index (χ0) is 12.2. The molecule has 0 aromatic heterocycles. The normalized spacial score (nSPS) is 17.3. The fourth-order valence-electron chi connectivity index (χ4n) is 1.55. The summed E-state index contributed by atoms with van der Waals surface area (Å²) in [6.07, 6.45) is 0.411. The molecule has 1 rings (SSSR count). The summed E-state index contributed by atoms with van der Waals surface area (Å²) in [6, 6.07) is 0. The second-order valence-corrected chi connectivity index (χ2v) is 4.17. The lowest BCUT2D eigenvalue weighted by atomic mass is 9.92. The third-order valence-corrected chi connectivity index (χ3v) is 2.38. The Morgan fingerprint density at radius 1 is 1.31 bits per heavy atom. The predicted molar refractivity (Wildman–Crippen MR) is 55.4 cm³/mol. The number of nitrogens with one attached hydrogen (secondary N) is 1. The van der Waals surface area contributed by atoms with Crippen LogP contribution in [0.2, 0.25) is 0 Å². The molecule has 1 fully saturated rings. The molecule has 6 heteroatoms. The van der Waals surface area contributed by atoms with Crippen LogP contribution < -0.4 is 11.1 Å². The van der Waals surface area contributed by atoms with Crippen LogP contribution in [-0.4, -0.2) is 36.4 Å². The fraction of sp³-hybridized carbons (Fsp3) is 0.700. The van der Waals surface area contributed by atoms with E-state index in [0.29, 0.717) is 13.2 Å². The number of hydrogen-bond donors (Lipinski definition) is 2.